The minimum Gasteiger partial charge on any atom is -0.324 e. The maximum absolute atomic E-state index is 13.5. The van der Waals surface area contributed by atoms with Crippen LogP contribution >= 0.6 is 22.9 Å². The molecule has 0 aliphatic carbocycles. The van der Waals surface area contributed by atoms with Gasteiger partial charge in [-0.2, -0.15) is 11.3 Å². The number of hydrogen-bond acceptors (Lipinski definition) is 2. The molecular formula is C12H11ClFNS. The Morgan fingerprint density at radius 1 is 1.38 bits per heavy atom. The Morgan fingerprint density at radius 2 is 2.19 bits per heavy atom. The molecule has 1 heterocycles. The van der Waals surface area contributed by atoms with E-state index >= 15 is 0 Å². The topological polar surface area (TPSA) is 26.0 Å². The van der Waals surface area contributed by atoms with E-state index in [0.29, 0.717) is 17.0 Å². The lowest BCUT2D eigenvalue weighted by molar-refractivity contribution is 0.594. The molecule has 0 amide bonds. The lowest BCUT2D eigenvalue weighted by Crippen LogP contribution is -2.13. The van der Waals surface area contributed by atoms with Crippen LogP contribution in [0.3, 0.4) is 0 Å². The Labute approximate surface area is 103 Å². The Morgan fingerprint density at radius 3 is 2.81 bits per heavy atom. The molecule has 0 saturated heterocycles. The lowest BCUT2D eigenvalue weighted by atomic mass is 10.0. The average molecular weight is 256 g/mol. The summed E-state index contributed by atoms with van der Waals surface area (Å²) in [6.07, 6.45) is 0.486. The van der Waals surface area contributed by atoms with Crippen LogP contribution in [-0.2, 0) is 6.42 Å². The maximum Gasteiger partial charge on any atom is 0.127 e. The second-order valence-electron chi connectivity index (χ2n) is 3.60. The first-order chi connectivity index (χ1) is 7.66. The van der Waals surface area contributed by atoms with E-state index in [9.17, 15) is 4.39 Å². The fraction of sp³-hybridized carbons (Fsp3) is 0.167. The van der Waals surface area contributed by atoms with E-state index in [1.54, 1.807) is 23.5 Å². The summed E-state index contributed by atoms with van der Waals surface area (Å²) in [5, 5.41) is 4.36. The van der Waals surface area contributed by atoms with Crippen LogP contribution in [0.5, 0.6) is 0 Å². The molecule has 0 spiro atoms. The molecule has 1 nitrogen and oxygen atoms in total. The first-order valence-electron chi connectivity index (χ1n) is 4.88. The Bertz CT molecular complexity index is 470. The van der Waals surface area contributed by atoms with Gasteiger partial charge in [-0.25, -0.2) is 4.39 Å². The van der Waals surface area contributed by atoms with Crippen LogP contribution in [0, 0.1) is 5.82 Å². The van der Waals surface area contributed by atoms with E-state index in [0.717, 1.165) is 5.56 Å². The van der Waals surface area contributed by atoms with Gasteiger partial charge in [0.1, 0.15) is 5.82 Å². The van der Waals surface area contributed by atoms with Gasteiger partial charge in [-0.3, -0.25) is 0 Å². The maximum atomic E-state index is 13.5. The Balaban J connectivity index is 2.15. The highest BCUT2D eigenvalue weighted by Gasteiger charge is 2.10. The molecule has 0 aliphatic rings. The summed E-state index contributed by atoms with van der Waals surface area (Å²) in [4.78, 5) is 0. The summed E-state index contributed by atoms with van der Waals surface area (Å²) < 4.78 is 13.5. The number of halogens is 2. The lowest BCUT2D eigenvalue weighted by Gasteiger charge is -2.10. The molecule has 4 heteroatoms. The van der Waals surface area contributed by atoms with Gasteiger partial charge in [0.05, 0.1) is 0 Å². The smallest absolute Gasteiger partial charge is 0.127 e. The SMILES string of the molecule is NC(Cc1ccc(Cl)cc1F)c1ccsc1. The summed E-state index contributed by atoms with van der Waals surface area (Å²) in [5.74, 6) is -0.293. The first kappa shape index (κ1) is 11.6. The van der Waals surface area contributed by atoms with Crippen LogP contribution in [0.2, 0.25) is 5.02 Å². The standard InChI is InChI=1S/C12H11ClFNS/c13-10-2-1-8(11(14)6-10)5-12(15)9-3-4-16-7-9/h1-4,6-7,12H,5,15H2. The van der Waals surface area contributed by atoms with Gasteiger partial charge in [0.25, 0.3) is 0 Å². The van der Waals surface area contributed by atoms with E-state index in [4.69, 9.17) is 17.3 Å². The first-order valence-corrected chi connectivity index (χ1v) is 6.20. The molecule has 2 rings (SSSR count). The molecule has 1 aromatic heterocycles. The summed E-state index contributed by atoms with van der Waals surface area (Å²) in [7, 11) is 0. The average Bonchev–Trinajstić information content (AvgIpc) is 2.75. The zero-order chi connectivity index (χ0) is 11.5. The molecule has 0 saturated carbocycles. The van der Waals surface area contributed by atoms with Gasteiger partial charge in [-0.1, -0.05) is 17.7 Å². The van der Waals surface area contributed by atoms with Gasteiger partial charge in [0.2, 0.25) is 0 Å². The van der Waals surface area contributed by atoms with Gasteiger partial charge in [0, 0.05) is 11.1 Å². The Hall–Kier alpha value is -0.900. The monoisotopic (exact) mass is 255 g/mol. The molecular weight excluding hydrogens is 245 g/mol. The van der Waals surface area contributed by atoms with Gasteiger partial charge in [-0.15, -0.1) is 0 Å². The summed E-state index contributed by atoms with van der Waals surface area (Å²) >= 11 is 7.27. The summed E-state index contributed by atoms with van der Waals surface area (Å²) in [6, 6.07) is 6.48. The molecule has 0 radical (unpaired) electrons. The number of benzene rings is 1. The van der Waals surface area contributed by atoms with Gasteiger partial charge in [-0.05, 0) is 46.5 Å². The third-order valence-corrected chi connectivity index (χ3v) is 3.36. The molecule has 84 valence electrons. The second kappa shape index (κ2) is 4.95. The van der Waals surface area contributed by atoms with E-state index in [1.807, 2.05) is 16.8 Å². The third kappa shape index (κ3) is 2.61. The van der Waals surface area contributed by atoms with Crippen LogP contribution in [0.25, 0.3) is 0 Å². The predicted octanol–water partition coefficient (Wildman–Crippen LogP) is 3.78. The van der Waals surface area contributed by atoms with Crippen molar-refractivity contribution in [2.45, 2.75) is 12.5 Å². The number of nitrogens with two attached hydrogens (primary N) is 1. The van der Waals surface area contributed by atoms with Crippen LogP contribution in [0.15, 0.2) is 35.0 Å². The van der Waals surface area contributed by atoms with Gasteiger partial charge < -0.3 is 5.73 Å². The van der Waals surface area contributed by atoms with Crippen LogP contribution in [0.1, 0.15) is 17.2 Å². The second-order valence-corrected chi connectivity index (χ2v) is 4.82. The van der Waals surface area contributed by atoms with Crippen LogP contribution in [0.4, 0.5) is 4.39 Å². The predicted molar refractivity (Wildman–Crippen MR) is 66.4 cm³/mol. The van der Waals surface area contributed by atoms with Crippen molar-refractivity contribution in [1.29, 1.82) is 0 Å². The van der Waals surface area contributed by atoms with E-state index in [1.165, 1.54) is 6.07 Å². The van der Waals surface area contributed by atoms with Crippen LogP contribution < -0.4 is 5.73 Å². The number of thiophene rings is 1. The van der Waals surface area contributed by atoms with Crippen molar-refractivity contribution < 1.29 is 4.39 Å². The molecule has 2 N–H and O–H groups in total. The highest BCUT2D eigenvalue weighted by Crippen LogP contribution is 2.21. The molecule has 1 aromatic carbocycles. The summed E-state index contributed by atoms with van der Waals surface area (Å²) in [6.45, 7) is 0. The van der Waals surface area contributed by atoms with E-state index in [-0.39, 0.29) is 11.9 Å². The molecule has 2 aromatic rings. The van der Waals surface area contributed by atoms with Crippen molar-refractivity contribution in [2.24, 2.45) is 5.73 Å². The van der Waals surface area contributed by atoms with Crippen molar-refractivity contribution >= 4 is 22.9 Å². The highest BCUT2D eigenvalue weighted by molar-refractivity contribution is 7.07. The normalized spacial score (nSPS) is 12.7. The van der Waals surface area contributed by atoms with Crippen molar-refractivity contribution in [1.82, 2.24) is 0 Å². The van der Waals surface area contributed by atoms with Crippen molar-refractivity contribution in [3.8, 4) is 0 Å². The van der Waals surface area contributed by atoms with Crippen molar-refractivity contribution in [2.75, 3.05) is 0 Å². The number of hydrogen-bond donors (Lipinski definition) is 1. The molecule has 1 unspecified atom stereocenters. The zero-order valence-electron chi connectivity index (χ0n) is 8.49. The molecule has 0 bridgehead atoms. The molecule has 0 fully saturated rings. The molecule has 0 aliphatic heterocycles. The molecule has 1 atom stereocenters. The van der Waals surface area contributed by atoms with Crippen LogP contribution in [-0.4, -0.2) is 0 Å². The third-order valence-electron chi connectivity index (χ3n) is 2.43. The van der Waals surface area contributed by atoms with E-state index < -0.39 is 0 Å². The van der Waals surface area contributed by atoms with Crippen molar-refractivity contribution in [3.63, 3.8) is 0 Å². The minimum atomic E-state index is -0.293. The minimum absolute atomic E-state index is 0.165. The fourth-order valence-corrected chi connectivity index (χ4v) is 2.41. The number of rotatable bonds is 3. The summed E-state index contributed by atoms with van der Waals surface area (Å²) in [5.41, 5.74) is 7.63. The highest BCUT2D eigenvalue weighted by atomic mass is 35.5. The van der Waals surface area contributed by atoms with E-state index in [2.05, 4.69) is 0 Å². The van der Waals surface area contributed by atoms with Crippen molar-refractivity contribution in [3.05, 3.63) is 57.0 Å². The Kier molecular flexibility index (Phi) is 3.59. The zero-order valence-corrected chi connectivity index (χ0v) is 10.1. The van der Waals surface area contributed by atoms with Gasteiger partial charge in [0.15, 0.2) is 0 Å². The molecule has 16 heavy (non-hydrogen) atoms. The fourth-order valence-electron chi connectivity index (χ4n) is 1.53. The quantitative estimate of drug-likeness (QED) is 0.887. The van der Waals surface area contributed by atoms with Gasteiger partial charge >= 0.3 is 0 Å². The largest absolute Gasteiger partial charge is 0.324 e.